The molecule has 0 unspecified atom stereocenters. The molecule has 1 N–H and O–H groups in total. The van der Waals surface area contributed by atoms with E-state index in [0.717, 1.165) is 5.52 Å². The van der Waals surface area contributed by atoms with Gasteiger partial charge < -0.3 is 14.2 Å². The highest BCUT2D eigenvalue weighted by Crippen LogP contribution is 2.26. The summed E-state index contributed by atoms with van der Waals surface area (Å²) < 4.78 is 7.12. The third-order valence-corrected chi connectivity index (χ3v) is 4.25. The average Bonchev–Trinajstić information content (AvgIpc) is 2.87. The molecule has 3 rings (SSSR count). The Morgan fingerprint density at radius 2 is 2.12 bits per heavy atom. The lowest BCUT2D eigenvalue weighted by Crippen LogP contribution is -2.50. The molecule has 0 spiro atoms. The summed E-state index contributed by atoms with van der Waals surface area (Å²) in [6.45, 7) is 1.75. The molecule has 0 radical (unpaired) electrons. The molecular formula is C16H21N5O3. The van der Waals surface area contributed by atoms with Crippen LogP contribution < -0.4 is 10.1 Å². The summed E-state index contributed by atoms with van der Waals surface area (Å²) in [5, 5.41) is 2.82. The van der Waals surface area contributed by atoms with Crippen LogP contribution in [0.25, 0.3) is 11.0 Å². The number of carbonyl (C=O) groups is 2. The molecule has 2 amide bonds. The van der Waals surface area contributed by atoms with Crippen molar-refractivity contribution in [3.63, 3.8) is 0 Å². The number of rotatable bonds is 4. The number of aromatic nitrogens is 2. The minimum absolute atomic E-state index is 0.0292. The second kappa shape index (κ2) is 6.48. The van der Waals surface area contributed by atoms with Gasteiger partial charge in [0.1, 0.15) is 11.3 Å². The monoisotopic (exact) mass is 331 g/mol. The van der Waals surface area contributed by atoms with E-state index in [1.54, 1.807) is 19.1 Å². The second-order valence-electron chi connectivity index (χ2n) is 5.90. The summed E-state index contributed by atoms with van der Waals surface area (Å²) in [7, 11) is 5.20. The van der Waals surface area contributed by atoms with Crippen molar-refractivity contribution in [2.24, 2.45) is 7.05 Å². The molecule has 0 atom stereocenters. The molecule has 2 heterocycles. The molecule has 2 aromatic rings. The van der Waals surface area contributed by atoms with Crippen LogP contribution in [-0.2, 0) is 16.6 Å². The minimum Gasteiger partial charge on any atom is -0.494 e. The van der Waals surface area contributed by atoms with E-state index < -0.39 is 0 Å². The van der Waals surface area contributed by atoms with Gasteiger partial charge in [0.2, 0.25) is 17.8 Å². The Balaban J connectivity index is 1.72. The van der Waals surface area contributed by atoms with E-state index in [9.17, 15) is 9.59 Å². The maximum absolute atomic E-state index is 12.3. The number of ether oxygens (including phenoxy) is 1. The molecule has 0 saturated carbocycles. The number of para-hydroxylation sites is 1. The number of benzene rings is 1. The first-order valence-electron chi connectivity index (χ1n) is 7.75. The van der Waals surface area contributed by atoms with Crippen molar-refractivity contribution >= 4 is 28.8 Å². The Morgan fingerprint density at radius 3 is 2.83 bits per heavy atom. The van der Waals surface area contributed by atoms with Crippen LogP contribution in [0.15, 0.2) is 18.2 Å². The number of likely N-dealkylation sites (N-methyl/N-ethyl adjacent to an activating group) is 1. The largest absolute Gasteiger partial charge is 0.494 e. The van der Waals surface area contributed by atoms with Crippen LogP contribution in [0, 0.1) is 0 Å². The van der Waals surface area contributed by atoms with Crippen molar-refractivity contribution in [3.8, 4) is 5.75 Å². The number of hydrogen-bond acceptors (Lipinski definition) is 5. The van der Waals surface area contributed by atoms with Crippen LogP contribution in [0.3, 0.4) is 0 Å². The first kappa shape index (κ1) is 16.3. The predicted molar refractivity (Wildman–Crippen MR) is 90.0 cm³/mol. The number of aryl methyl sites for hydroxylation is 1. The van der Waals surface area contributed by atoms with Crippen LogP contribution in [0.5, 0.6) is 5.75 Å². The second-order valence-corrected chi connectivity index (χ2v) is 5.90. The molecule has 8 heteroatoms. The van der Waals surface area contributed by atoms with Crippen LogP contribution in [0.2, 0.25) is 0 Å². The van der Waals surface area contributed by atoms with E-state index in [0.29, 0.717) is 30.3 Å². The van der Waals surface area contributed by atoms with Gasteiger partial charge in [0.25, 0.3) is 0 Å². The lowest BCUT2D eigenvalue weighted by atomic mass is 10.3. The quantitative estimate of drug-likeness (QED) is 0.871. The molecule has 0 bridgehead atoms. The number of piperazine rings is 1. The van der Waals surface area contributed by atoms with Crippen molar-refractivity contribution in [2.45, 2.75) is 0 Å². The summed E-state index contributed by atoms with van der Waals surface area (Å²) in [4.78, 5) is 32.0. The number of anilines is 1. The number of fused-ring (bicyclic) bond motifs is 1. The Kier molecular flexibility index (Phi) is 4.39. The number of nitrogens with one attached hydrogen (secondary N) is 1. The number of nitrogens with zero attached hydrogens (tertiary/aromatic N) is 4. The van der Waals surface area contributed by atoms with E-state index >= 15 is 0 Å². The standard InChI is InChI=1S/C16H21N5O3/c1-19-7-8-21(10-14(19)23)9-13(22)17-16-18-15-11(20(16)2)5-4-6-12(15)24-3/h4-6H,7-10H2,1-3H3,(H,17,18,22). The van der Waals surface area contributed by atoms with E-state index in [2.05, 4.69) is 10.3 Å². The molecule has 128 valence electrons. The van der Waals surface area contributed by atoms with E-state index in [1.807, 2.05) is 34.7 Å². The highest BCUT2D eigenvalue weighted by Gasteiger charge is 2.23. The van der Waals surface area contributed by atoms with Gasteiger partial charge in [0.05, 0.1) is 25.7 Å². The molecule has 1 saturated heterocycles. The van der Waals surface area contributed by atoms with Crippen molar-refractivity contribution in [1.29, 1.82) is 0 Å². The number of hydrogen-bond donors (Lipinski definition) is 1. The van der Waals surface area contributed by atoms with Gasteiger partial charge in [-0.05, 0) is 12.1 Å². The average molecular weight is 331 g/mol. The molecular weight excluding hydrogens is 310 g/mol. The lowest BCUT2D eigenvalue weighted by Gasteiger charge is -2.31. The third kappa shape index (κ3) is 3.05. The smallest absolute Gasteiger partial charge is 0.240 e. The van der Waals surface area contributed by atoms with Crippen LogP contribution in [0.4, 0.5) is 5.95 Å². The molecule has 1 aliphatic heterocycles. The van der Waals surface area contributed by atoms with Gasteiger partial charge in [-0.3, -0.25) is 19.8 Å². The summed E-state index contributed by atoms with van der Waals surface area (Å²) in [5.41, 5.74) is 1.58. The van der Waals surface area contributed by atoms with Gasteiger partial charge in [-0.15, -0.1) is 0 Å². The van der Waals surface area contributed by atoms with Crippen molar-refractivity contribution in [2.75, 3.05) is 45.7 Å². The number of amides is 2. The first-order valence-corrected chi connectivity index (χ1v) is 7.75. The Labute approximate surface area is 140 Å². The van der Waals surface area contributed by atoms with Crippen molar-refractivity contribution in [3.05, 3.63) is 18.2 Å². The summed E-state index contributed by atoms with van der Waals surface area (Å²) in [6.07, 6.45) is 0. The van der Waals surface area contributed by atoms with Crippen LogP contribution in [-0.4, -0.2) is 71.5 Å². The van der Waals surface area contributed by atoms with Crippen molar-refractivity contribution < 1.29 is 14.3 Å². The first-order chi connectivity index (χ1) is 11.5. The van der Waals surface area contributed by atoms with Gasteiger partial charge in [0.15, 0.2) is 0 Å². The molecule has 24 heavy (non-hydrogen) atoms. The zero-order valence-corrected chi connectivity index (χ0v) is 14.1. The van der Waals surface area contributed by atoms with Gasteiger partial charge >= 0.3 is 0 Å². The van der Waals surface area contributed by atoms with Gasteiger partial charge in [0, 0.05) is 27.2 Å². The molecule has 0 aliphatic carbocycles. The lowest BCUT2D eigenvalue weighted by molar-refractivity contribution is -0.135. The maximum Gasteiger partial charge on any atom is 0.240 e. The van der Waals surface area contributed by atoms with Gasteiger partial charge in [-0.25, -0.2) is 4.98 Å². The highest BCUT2D eigenvalue weighted by atomic mass is 16.5. The number of carbonyl (C=O) groups excluding carboxylic acids is 2. The molecule has 8 nitrogen and oxygen atoms in total. The normalized spacial score (nSPS) is 15.8. The fourth-order valence-corrected chi connectivity index (χ4v) is 2.77. The molecule has 1 aromatic carbocycles. The van der Waals surface area contributed by atoms with E-state index in [-0.39, 0.29) is 24.9 Å². The number of methoxy groups -OCH3 is 1. The van der Waals surface area contributed by atoms with Crippen LogP contribution in [0.1, 0.15) is 0 Å². The maximum atomic E-state index is 12.3. The summed E-state index contributed by atoms with van der Waals surface area (Å²) in [5.74, 6) is 0.958. The Hall–Kier alpha value is -2.61. The zero-order valence-electron chi connectivity index (χ0n) is 14.1. The fraction of sp³-hybridized carbons (Fsp3) is 0.438. The van der Waals surface area contributed by atoms with Crippen molar-refractivity contribution in [1.82, 2.24) is 19.4 Å². The zero-order chi connectivity index (χ0) is 17.3. The van der Waals surface area contributed by atoms with E-state index in [4.69, 9.17) is 4.74 Å². The molecule has 1 aliphatic rings. The minimum atomic E-state index is -0.190. The summed E-state index contributed by atoms with van der Waals surface area (Å²) >= 11 is 0. The Bertz CT molecular complexity index is 785. The Morgan fingerprint density at radius 1 is 1.33 bits per heavy atom. The molecule has 1 fully saturated rings. The fourth-order valence-electron chi connectivity index (χ4n) is 2.77. The van der Waals surface area contributed by atoms with E-state index in [1.165, 1.54) is 0 Å². The predicted octanol–water partition coefficient (Wildman–Crippen LogP) is 0.294. The SMILES string of the molecule is COc1cccc2c1nc(NC(=O)CN1CCN(C)C(=O)C1)n2C. The van der Waals surface area contributed by atoms with Gasteiger partial charge in [-0.2, -0.15) is 0 Å². The van der Waals surface area contributed by atoms with Gasteiger partial charge in [-0.1, -0.05) is 6.07 Å². The number of imidazole rings is 1. The van der Waals surface area contributed by atoms with Crippen LogP contribution >= 0.6 is 0 Å². The summed E-state index contributed by atoms with van der Waals surface area (Å²) in [6, 6.07) is 5.63. The third-order valence-electron chi connectivity index (χ3n) is 4.25. The topological polar surface area (TPSA) is 79.7 Å². The highest BCUT2D eigenvalue weighted by molar-refractivity contribution is 5.94. The molecule has 1 aromatic heterocycles.